The maximum atomic E-state index is 5.75. The molecule has 1 aliphatic carbocycles. The van der Waals surface area contributed by atoms with E-state index in [1.807, 2.05) is 0 Å². The average molecular weight is 247 g/mol. The monoisotopic (exact) mass is 247 g/mol. The summed E-state index contributed by atoms with van der Waals surface area (Å²) >= 11 is 0. The Bertz CT molecular complexity index is 400. The number of ether oxygens (including phenoxy) is 1. The summed E-state index contributed by atoms with van der Waals surface area (Å²) in [4.78, 5) is 0. The van der Waals surface area contributed by atoms with E-state index in [0.29, 0.717) is 12.1 Å². The van der Waals surface area contributed by atoms with E-state index in [4.69, 9.17) is 4.74 Å². The number of benzene rings is 1. The van der Waals surface area contributed by atoms with Gasteiger partial charge in [0.25, 0.3) is 0 Å². The number of rotatable bonds is 5. The highest BCUT2D eigenvalue weighted by atomic mass is 16.5. The van der Waals surface area contributed by atoms with Crippen molar-refractivity contribution >= 4 is 0 Å². The van der Waals surface area contributed by atoms with Crippen LogP contribution in [0.2, 0.25) is 0 Å². The highest BCUT2D eigenvalue weighted by Gasteiger charge is 2.48. The molecule has 2 nitrogen and oxygen atoms in total. The zero-order valence-corrected chi connectivity index (χ0v) is 12.0. The minimum atomic E-state index is 0.250. The molecule has 0 amide bonds. The van der Waals surface area contributed by atoms with Gasteiger partial charge in [0, 0.05) is 24.6 Å². The minimum Gasteiger partial charge on any atom is -0.378 e. The molecule has 100 valence electrons. The molecule has 1 aromatic rings. The first-order chi connectivity index (χ1) is 8.54. The fraction of sp³-hybridized carbons (Fsp3) is 0.625. The van der Waals surface area contributed by atoms with Crippen LogP contribution in [0.5, 0.6) is 0 Å². The third kappa shape index (κ3) is 2.76. The van der Waals surface area contributed by atoms with E-state index in [0.717, 1.165) is 19.6 Å². The van der Waals surface area contributed by atoms with Crippen molar-refractivity contribution in [1.29, 1.82) is 0 Å². The molecule has 2 rings (SSSR count). The number of hydrogen-bond acceptors (Lipinski definition) is 2. The van der Waals surface area contributed by atoms with E-state index < -0.39 is 0 Å². The van der Waals surface area contributed by atoms with E-state index in [-0.39, 0.29) is 5.41 Å². The largest absolute Gasteiger partial charge is 0.378 e. The first-order valence-corrected chi connectivity index (χ1v) is 6.94. The zero-order valence-electron chi connectivity index (χ0n) is 12.0. The van der Waals surface area contributed by atoms with Crippen LogP contribution >= 0.6 is 0 Å². The van der Waals surface area contributed by atoms with Crippen molar-refractivity contribution in [2.24, 2.45) is 5.41 Å². The second-order valence-electron chi connectivity index (χ2n) is 5.92. The van der Waals surface area contributed by atoms with Crippen LogP contribution in [-0.4, -0.2) is 18.8 Å². The molecular weight excluding hydrogens is 222 g/mol. The van der Waals surface area contributed by atoms with Crippen LogP contribution in [0.3, 0.4) is 0 Å². The summed E-state index contributed by atoms with van der Waals surface area (Å²) in [5.41, 5.74) is 2.94. The molecule has 2 atom stereocenters. The Kier molecular flexibility index (Phi) is 4.08. The lowest BCUT2D eigenvalue weighted by Gasteiger charge is -2.52. The maximum Gasteiger partial charge on any atom is 0.0655 e. The Hall–Kier alpha value is -0.860. The van der Waals surface area contributed by atoms with Crippen molar-refractivity contribution in [3.8, 4) is 0 Å². The van der Waals surface area contributed by atoms with Gasteiger partial charge in [-0.2, -0.15) is 0 Å². The molecule has 0 aromatic heterocycles. The van der Waals surface area contributed by atoms with Crippen molar-refractivity contribution in [3.05, 3.63) is 35.4 Å². The molecule has 1 saturated carbocycles. The average Bonchev–Trinajstić information content (AvgIpc) is 2.33. The summed E-state index contributed by atoms with van der Waals surface area (Å²) in [6, 6.07) is 9.27. The molecule has 1 aliphatic rings. The molecule has 0 radical (unpaired) electrons. The molecule has 1 fully saturated rings. The first-order valence-electron chi connectivity index (χ1n) is 6.94. The quantitative estimate of drug-likeness (QED) is 0.862. The summed E-state index contributed by atoms with van der Waals surface area (Å²) < 4.78 is 5.75. The van der Waals surface area contributed by atoms with E-state index in [9.17, 15) is 0 Å². The van der Waals surface area contributed by atoms with Crippen molar-refractivity contribution in [3.63, 3.8) is 0 Å². The van der Waals surface area contributed by atoms with E-state index in [1.165, 1.54) is 11.1 Å². The van der Waals surface area contributed by atoms with E-state index in [1.54, 1.807) is 0 Å². The molecule has 18 heavy (non-hydrogen) atoms. The molecule has 0 spiro atoms. The Morgan fingerprint density at radius 3 is 2.78 bits per heavy atom. The Labute approximate surface area is 111 Å². The molecule has 1 N–H and O–H groups in total. The predicted molar refractivity (Wildman–Crippen MR) is 75.6 cm³/mol. The Morgan fingerprint density at radius 1 is 1.39 bits per heavy atom. The van der Waals surface area contributed by atoms with Crippen molar-refractivity contribution in [2.45, 2.75) is 52.8 Å². The van der Waals surface area contributed by atoms with Gasteiger partial charge in [0.05, 0.1) is 6.10 Å². The summed E-state index contributed by atoms with van der Waals surface area (Å²) in [5.74, 6) is 0. The van der Waals surface area contributed by atoms with Gasteiger partial charge in [-0.1, -0.05) is 43.7 Å². The van der Waals surface area contributed by atoms with Gasteiger partial charge in [-0.25, -0.2) is 0 Å². The summed E-state index contributed by atoms with van der Waals surface area (Å²) in [5, 5.41) is 3.66. The van der Waals surface area contributed by atoms with Crippen LogP contribution < -0.4 is 5.32 Å². The Morgan fingerprint density at radius 2 is 2.17 bits per heavy atom. The molecule has 1 aromatic carbocycles. The summed E-state index contributed by atoms with van der Waals surface area (Å²) in [6.45, 7) is 10.6. The summed E-state index contributed by atoms with van der Waals surface area (Å²) in [7, 11) is 0. The van der Waals surface area contributed by atoms with Gasteiger partial charge >= 0.3 is 0 Å². The zero-order chi connectivity index (χ0) is 13.2. The Balaban J connectivity index is 1.85. The van der Waals surface area contributed by atoms with Crippen molar-refractivity contribution in [2.75, 3.05) is 6.61 Å². The summed E-state index contributed by atoms with van der Waals surface area (Å²) in [6.07, 6.45) is 1.55. The fourth-order valence-electron chi connectivity index (χ4n) is 2.78. The molecule has 0 bridgehead atoms. The van der Waals surface area contributed by atoms with Crippen LogP contribution in [0.25, 0.3) is 0 Å². The smallest absolute Gasteiger partial charge is 0.0655 e. The van der Waals surface area contributed by atoms with Crippen molar-refractivity contribution in [1.82, 2.24) is 5.32 Å². The van der Waals surface area contributed by atoms with Gasteiger partial charge < -0.3 is 10.1 Å². The van der Waals surface area contributed by atoms with Crippen LogP contribution in [0.1, 0.15) is 38.3 Å². The molecule has 0 heterocycles. The van der Waals surface area contributed by atoms with E-state index in [2.05, 4.69) is 57.3 Å². The SMILES string of the molecule is CCOC1CC(NCc2cccc(C)c2)C1(C)C. The molecule has 2 heteroatoms. The maximum absolute atomic E-state index is 5.75. The minimum absolute atomic E-state index is 0.250. The van der Waals surface area contributed by atoms with Crippen LogP contribution in [0.15, 0.2) is 24.3 Å². The predicted octanol–water partition coefficient (Wildman–Crippen LogP) is 3.29. The number of aryl methyl sites for hydroxylation is 1. The normalized spacial score (nSPS) is 25.8. The van der Waals surface area contributed by atoms with Crippen LogP contribution in [0, 0.1) is 12.3 Å². The van der Waals surface area contributed by atoms with Gasteiger partial charge in [-0.3, -0.25) is 0 Å². The second kappa shape index (κ2) is 5.41. The van der Waals surface area contributed by atoms with Gasteiger partial charge in [0.15, 0.2) is 0 Å². The highest BCUT2D eigenvalue weighted by molar-refractivity contribution is 5.22. The van der Waals surface area contributed by atoms with Gasteiger partial charge in [0.2, 0.25) is 0 Å². The third-order valence-electron chi connectivity index (χ3n) is 4.18. The lowest BCUT2D eigenvalue weighted by atomic mass is 9.64. The van der Waals surface area contributed by atoms with Gasteiger partial charge in [-0.05, 0) is 25.8 Å². The lowest BCUT2D eigenvalue weighted by molar-refractivity contribution is -0.114. The molecule has 2 unspecified atom stereocenters. The standard InChI is InChI=1S/C16H25NO/c1-5-18-15-10-14(16(15,3)4)17-11-13-8-6-7-12(2)9-13/h6-9,14-15,17H,5,10-11H2,1-4H3. The second-order valence-corrected chi connectivity index (χ2v) is 5.92. The fourth-order valence-corrected chi connectivity index (χ4v) is 2.78. The van der Waals surface area contributed by atoms with Gasteiger partial charge in [0.1, 0.15) is 0 Å². The molecule has 0 saturated heterocycles. The topological polar surface area (TPSA) is 21.3 Å². The van der Waals surface area contributed by atoms with Crippen LogP contribution in [0.4, 0.5) is 0 Å². The number of hydrogen-bond donors (Lipinski definition) is 1. The van der Waals surface area contributed by atoms with E-state index >= 15 is 0 Å². The van der Waals surface area contributed by atoms with Gasteiger partial charge in [-0.15, -0.1) is 0 Å². The lowest BCUT2D eigenvalue weighted by Crippen LogP contribution is -2.60. The number of nitrogens with one attached hydrogen (secondary N) is 1. The third-order valence-corrected chi connectivity index (χ3v) is 4.18. The first kappa shape index (κ1) is 13.6. The van der Waals surface area contributed by atoms with Crippen LogP contribution in [-0.2, 0) is 11.3 Å². The van der Waals surface area contributed by atoms with Crippen molar-refractivity contribution < 1.29 is 4.74 Å². The highest BCUT2D eigenvalue weighted by Crippen LogP contribution is 2.42. The molecule has 0 aliphatic heterocycles. The molecular formula is C16H25NO.